The third kappa shape index (κ3) is 5.15. The van der Waals surface area contributed by atoms with Crippen molar-refractivity contribution in [3.05, 3.63) is 53.1 Å². The SMILES string of the molecule is COc1cc2nc(C)nc(NCc3cccc(C(C)(F)F)c3F)c2cc1OCC1(C(C)OC)CC1. The van der Waals surface area contributed by atoms with E-state index in [1.807, 2.05) is 6.92 Å². The summed E-state index contributed by atoms with van der Waals surface area (Å²) in [5.74, 6) is -2.21. The number of hydrogen-bond donors (Lipinski definition) is 1. The average molecular weight is 490 g/mol. The van der Waals surface area contributed by atoms with E-state index in [-0.39, 0.29) is 23.6 Å². The zero-order valence-electron chi connectivity index (χ0n) is 20.5. The number of aromatic nitrogens is 2. The molecule has 188 valence electrons. The van der Waals surface area contributed by atoms with Crippen LogP contribution in [0.4, 0.5) is 19.0 Å². The molecule has 1 aromatic heterocycles. The standard InChI is InChI=1S/C26H30F3N3O3/c1-15(33-4)26(9-10-26)14-35-22-11-18-20(12-21(22)34-5)31-16(2)32-24(18)30-13-17-7-6-8-19(23(17)27)25(3,28)29/h6-8,11-12,15H,9-10,13-14H2,1-5H3,(H,30,31,32). The fourth-order valence-electron chi connectivity index (χ4n) is 4.19. The van der Waals surface area contributed by atoms with Crippen LogP contribution in [0.5, 0.6) is 11.5 Å². The third-order valence-corrected chi connectivity index (χ3v) is 6.71. The number of fused-ring (bicyclic) bond motifs is 1. The van der Waals surface area contributed by atoms with E-state index < -0.39 is 17.3 Å². The second kappa shape index (κ2) is 9.53. The highest BCUT2D eigenvalue weighted by molar-refractivity contribution is 5.91. The molecule has 2 aromatic carbocycles. The van der Waals surface area contributed by atoms with Gasteiger partial charge in [0.25, 0.3) is 5.92 Å². The molecule has 1 unspecified atom stereocenters. The molecule has 0 radical (unpaired) electrons. The van der Waals surface area contributed by atoms with Gasteiger partial charge in [0.1, 0.15) is 17.5 Å². The first kappa shape index (κ1) is 25.0. The second-order valence-corrected chi connectivity index (χ2v) is 9.19. The number of nitrogens with one attached hydrogen (secondary N) is 1. The minimum Gasteiger partial charge on any atom is -0.493 e. The number of aryl methyl sites for hydroxylation is 1. The minimum absolute atomic E-state index is 0.0243. The maximum absolute atomic E-state index is 14.7. The number of alkyl halides is 2. The van der Waals surface area contributed by atoms with Crippen LogP contribution in [0.3, 0.4) is 0 Å². The van der Waals surface area contributed by atoms with Gasteiger partial charge in [-0.2, -0.15) is 0 Å². The maximum Gasteiger partial charge on any atom is 0.273 e. The van der Waals surface area contributed by atoms with Crippen molar-refractivity contribution in [2.24, 2.45) is 5.41 Å². The Labute approximate surface area is 202 Å². The molecule has 0 saturated heterocycles. The van der Waals surface area contributed by atoms with Crippen molar-refractivity contribution in [1.29, 1.82) is 0 Å². The fraction of sp³-hybridized carbons (Fsp3) is 0.462. The molecule has 3 aromatic rings. The van der Waals surface area contributed by atoms with Crippen molar-refractivity contribution in [3.63, 3.8) is 0 Å². The third-order valence-electron chi connectivity index (χ3n) is 6.71. The van der Waals surface area contributed by atoms with Crippen molar-refractivity contribution in [3.8, 4) is 11.5 Å². The molecule has 9 heteroatoms. The van der Waals surface area contributed by atoms with Gasteiger partial charge >= 0.3 is 0 Å². The molecule has 1 atom stereocenters. The number of anilines is 1. The molecule has 0 aliphatic heterocycles. The van der Waals surface area contributed by atoms with Crippen LogP contribution in [0.1, 0.15) is 43.6 Å². The molecule has 0 amide bonds. The molecule has 6 nitrogen and oxygen atoms in total. The molecule has 0 bridgehead atoms. The Balaban J connectivity index is 1.64. The Kier molecular flexibility index (Phi) is 6.81. The average Bonchev–Trinajstić information content (AvgIpc) is 3.61. The van der Waals surface area contributed by atoms with Crippen LogP contribution < -0.4 is 14.8 Å². The lowest BCUT2D eigenvalue weighted by Gasteiger charge is -2.23. The van der Waals surface area contributed by atoms with E-state index in [0.717, 1.165) is 18.9 Å². The van der Waals surface area contributed by atoms with Crippen molar-refractivity contribution in [2.45, 2.75) is 52.2 Å². The minimum atomic E-state index is -3.28. The summed E-state index contributed by atoms with van der Waals surface area (Å²) in [7, 11) is 3.25. The first-order valence-electron chi connectivity index (χ1n) is 11.5. The van der Waals surface area contributed by atoms with E-state index in [1.165, 1.54) is 12.1 Å². The normalized spacial score (nSPS) is 15.7. The highest BCUT2D eigenvalue weighted by atomic mass is 19.3. The second-order valence-electron chi connectivity index (χ2n) is 9.19. The van der Waals surface area contributed by atoms with E-state index in [4.69, 9.17) is 14.2 Å². The zero-order valence-corrected chi connectivity index (χ0v) is 20.5. The fourth-order valence-corrected chi connectivity index (χ4v) is 4.19. The summed E-state index contributed by atoms with van der Waals surface area (Å²) in [6.07, 6.45) is 2.11. The smallest absolute Gasteiger partial charge is 0.273 e. The van der Waals surface area contributed by atoms with Gasteiger partial charge in [0.2, 0.25) is 0 Å². The summed E-state index contributed by atoms with van der Waals surface area (Å²) in [6, 6.07) is 7.54. The molecule has 0 spiro atoms. The Bertz CT molecular complexity index is 1230. The number of ether oxygens (including phenoxy) is 3. The Morgan fingerprint density at radius 2 is 1.89 bits per heavy atom. The van der Waals surface area contributed by atoms with Gasteiger partial charge in [-0.25, -0.2) is 23.1 Å². The lowest BCUT2D eigenvalue weighted by Crippen LogP contribution is -2.27. The van der Waals surface area contributed by atoms with Gasteiger partial charge in [-0.1, -0.05) is 18.2 Å². The predicted octanol–water partition coefficient (Wildman–Crippen LogP) is 6.00. The van der Waals surface area contributed by atoms with Crippen molar-refractivity contribution >= 4 is 16.7 Å². The molecular formula is C26H30F3N3O3. The van der Waals surface area contributed by atoms with E-state index in [1.54, 1.807) is 33.3 Å². The van der Waals surface area contributed by atoms with Crippen LogP contribution in [0.2, 0.25) is 0 Å². The number of methoxy groups -OCH3 is 2. The monoisotopic (exact) mass is 489 g/mol. The number of halogens is 3. The lowest BCUT2D eigenvalue weighted by atomic mass is 10.0. The van der Waals surface area contributed by atoms with Crippen molar-refractivity contribution in [2.75, 3.05) is 26.1 Å². The molecule has 4 rings (SSSR count). The van der Waals surface area contributed by atoms with Gasteiger partial charge in [-0.15, -0.1) is 0 Å². The van der Waals surface area contributed by atoms with Crippen molar-refractivity contribution in [1.82, 2.24) is 9.97 Å². The van der Waals surface area contributed by atoms with Crippen LogP contribution in [0.15, 0.2) is 30.3 Å². The van der Waals surface area contributed by atoms with Crippen LogP contribution in [0, 0.1) is 18.2 Å². The number of rotatable bonds is 10. The number of benzene rings is 2. The van der Waals surface area contributed by atoms with E-state index in [0.29, 0.717) is 47.6 Å². The quantitative estimate of drug-likeness (QED) is 0.377. The topological polar surface area (TPSA) is 65.5 Å². The van der Waals surface area contributed by atoms with E-state index >= 15 is 0 Å². The highest BCUT2D eigenvalue weighted by Gasteiger charge is 2.48. The molecule has 1 saturated carbocycles. The van der Waals surface area contributed by atoms with Gasteiger partial charge in [0.05, 0.1) is 30.9 Å². The Hall–Kier alpha value is -3.07. The van der Waals surface area contributed by atoms with Crippen LogP contribution in [0.25, 0.3) is 10.9 Å². The maximum atomic E-state index is 14.7. The van der Waals surface area contributed by atoms with Crippen molar-refractivity contribution < 1.29 is 27.4 Å². The largest absolute Gasteiger partial charge is 0.493 e. The Morgan fingerprint density at radius 3 is 2.51 bits per heavy atom. The summed E-state index contributed by atoms with van der Waals surface area (Å²) in [5.41, 5.74) is 0.0662. The summed E-state index contributed by atoms with van der Waals surface area (Å²) in [6.45, 7) is 4.90. The van der Waals surface area contributed by atoms with Crippen LogP contribution >= 0.6 is 0 Å². The summed E-state index contributed by atoms with van der Waals surface area (Å²) < 4.78 is 59.5. The summed E-state index contributed by atoms with van der Waals surface area (Å²) in [4.78, 5) is 8.96. The molecule has 1 N–H and O–H groups in total. The molecule has 1 heterocycles. The van der Waals surface area contributed by atoms with Gasteiger partial charge in [-0.3, -0.25) is 0 Å². The van der Waals surface area contributed by atoms with Gasteiger partial charge in [0, 0.05) is 43.0 Å². The van der Waals surface area contributed by atoms with Gasteiger partial charge in [-0.05, 0) is 32.8 Å². The number of nitrogens with zero attached hydrogens (tertiary/aromatic N) is 2. The molecule has 1 fully saturated rings. The molecule has 35 heavy (non-hydrogen) atoms. The van der Waals surface area contributed by atoms with Gasteiger partial charge < -0.3 is 19.5 Å². The van der Waals surface area contributed by atoms with E-state index in [2.05, 4.69) is 15.3 Å². The zero-order chi connectivity index (χ0) is 25.4. The summed E-state index contributed by atoms with van der Waals surface area (Å²) >= 11 is 0. The Morgan fingerprint density at radius 1 is 1.14 bits per heavy atom. The lowest BCUT2D eigenvalue weighted by molar-refractivity contribution is 0.0136. The molecule has 1 aliphatic rings. The summed E-state index contributed by atoms with van der Waals surface area (Å²) in [5, 5.41) is 3.74. The molecular weight excluding hydrogens is 459 g/mol. The van der Waals surface area contributed by atoms with Gasteiger partial charge in [0.15, 0.2) is 11.5 Å². The first-order chi connectivity index (χ1) is 16.6. The molecule has 1 aliphatic carbocycles. The number of hydrogen-bond acceptors (Lipinski definition) is 6. The van der Waals surface area contributed by atoms with E-state index in [9.17, 15) is 13.2 Å². The van der Waals surface area contributed by atoms with Crippen LogP contribution in [-0.4, -0.2) is 36.9 Å². The first-order valence-corrected chi connectivity index (χ1v) is 11.5. The van der Waals surface area contributed by atoms with Crippen LogP contribution in [-0.2, 0) is 17.2 Å². The predicted molar refractivity (Wildman–Crippen MR) is 128 cm³/mol. The highest BCUT2D eigenvalue weighted by Crippen LogP contribution is 2.50.